The average Bonchev–Trinajstić information content (AvgIpc) is 3.09. The van der Waals surface area contributed by atoms with Gasteiger partial charge in [0.1, 0.15) is 5.69 Å². The molecule has 2 N–H and O–H groups in total. The minimum Gasteiger partial charge on any atom is -0.492 e. The molecule has 0 fully saturated rings. The smallest absolute Gasteiger partial charge is 0.238 e. The summed E-state index contributed by atoms with van der Waals surface area (Å²) in [5.74, 6) is 1.09. The highest BCUT2D eigenvalue weighted by Crippen LogP contribution is 2.33. The number of halogens is 1. The summed E-state index contributed by atoms with van der Waals surface area (Å²) in [5, 5.41) is 10.6. The molecule has 0 aromatic carbocycles. The lowest BCUT2D eigenvalue weighted by atomic mass is 10.1. The van der Waals surface area contributed by atoms with E-state index in [-0.39, 0.29) is 5.88 Å². The van der Waals surface area contributed by atoms with Gasteiger partial charge in [0.2, 0.25) is 11.8 Å². The van der Waals surface area contributed by atoms with Crippen LogP contribution in [0.5, 0.6) is 5.88 Å². The molecule has 8 heteroatoms. The summed E-state index contributed by atoms with van der Waals surface area (Å²) in [6.45, 7) is 1.22. The number of aliphatic imine (C=N–C) groups is 1. The molecule has 0 saturated carbocycles. The van der Waals surface area contributed by atoms with E-state index in [2.05, 4.69) is 19.9 Å². The maximum absolute atomic E-state index is 10.0. The van der Waals surface area contributed by atoms with Gasteiger partial charge >= 0.3 is 0 Å². The van der Waals surface area contributed by atoms with Gasteiger partial charge in [-0.1, -0.05) is 11.6 Å². The molecule has 0 aliphatic carbocycles. The van der Waals surface area contributed by atoms with Gasteiger partial charge in [0.25, 0.3) is 0 Å². The molecule has 0 unspecified atom stereocenters. The van der Waals surface area contributed by atoms with Gasteiger partial charge in [0, 0.05) is 44.3 Å². The number of rotatable bonds is 5. The maximum atomic E-state index is 10.0. The molecule has 120 valence electrons. The fourth-order valence-corrected chi connectivity index (χ4v) is 2.36. The van der Waals surface area contributed by atoms with Gasteiger partial charge in [-0.2, -0.15) is 4.98 Å². The zero-order chi connectivity index (χ0) is 16.4. The summed E-state index contributed by atoms with van der Waals surface area (Å²) in [4.78, 5) is 17.4. The number of aromatic nitrogens is 3. The quantitative estimate of drug-likeness (QED) is 0.878. The highest BCUT2D eigenvalue weighted by Gasteiger charge is 2.17. The number of fused-ring (bicyclic) bond motifs is 1. The Morgan fingerprint density at radius 1 is 1.48 bits per heavy atom. The highest BCUT2D eigenvalue weighted by molar-refractivity contribution is 6.31. The predicted molar refractivity (Wildman–Crippen MR) is 90.7 cm³/mol. The number of aromatic hydroxyl groups is 1. The second-order valence-electron chi connectivity index (χ2n) is 5.09. The average molecular weight is 334 g/mol. The van der Waals surface area contributed by atoms with E-state index < -0.39 is 0 Å². The van der Waals surface area contributed by atoms with Crippen molar-refractivity contribution in [2.45, 2.75) is 0 Å². The second kappa shape index (κ2) is 6.39. The summed E-state index contributed by atoms with van der Waals surface area (Å²) in [5.41, 5.74) is 2.12. The Bertz CT molecular complexity index is 784. The summed E-state index contributed by atoms with van der Waals surface area (Å²) in [6, 6.07) is 1.79. The van der Waals surface area contributed by atoms with Crippen molar-refractivity contribution < 1.29 is 9.84 Å². The molecule has 0 amide bonds. The van der Waals surface area contributed by atoms with Crippen LogP contribution in [0.3, 0.4) is 0 Å². The first-order chi connectivity index (χ1) is 11.1. The van der Waals surface area contributed by atoms with E-state index in [9.17, 15) is 5.11 Å². The Morgan fingerprint density at radius 3 is 3.09 bits per heavy atom. The van der Waals surface area contributed by atoms with Crippen molar-refractivity contribution in [3.63, 3.8) is 0 Å². The Morgan fingerprint density at radius 2 is 2.30 bits per heavy atom. The molecule has 2 aromatic heterocycles. The Balaban J connectivity index is 1.89. The van der Waals surface area contributed by atoms with Crippen LogP contribution in [-0.4, -0.2) is 53.6 Å². The van der Waals surface area contributed by atoms with E-state index in [0.29, 0.717) is 35.6 Å². The van der Waals surface area contributed by atoms with E-state index in [1.165, 1.54) is 0 Å². The van der Waals surface area contributed by atoms with E-state index in [1.807, 2.05) is 11.9 Å². The molecule has 0 bridgehead atoms. The van der Waals surface area contributed by atoms with Crippen LogP contribution in [-0.2, 0) is 4.74 Å². The molecule has 0 radical (unpaired) electrons. The van der Waals surface area contributed by atoms with Crippen molar-refractivity contribution >= 4 is 41.2 Å². The van der Waals surface area contributed by atoms with Crippen LogP contribution in [0.2, 0.25) is 5.02 Å². The monoisotopic (exact) mass is 333 g/mol. The third-order valence-electron chi connectivity index (χ3n) is 3.46. The van der Waals surface area contributed by atoms with Gasteiger partial charge in [-0.3, -0.25) is 0 Å². The van der Waals surface area contributed by atoms with Crippen LogP contribution in [0.15, 0.2) is 17.3 Å². The number of likely N-dealkylation sites (N-methyl/N-ethyl adjacent to an activating group) is 1. The molecular formula is C15H16ClN5O2. The first kappa shape index (κ1) is 15.5. The molecule has 23 heavy (non-hydrogen) atoms. The molecule has 3 heterocycles. The Hall–Kier alpha value is -2.38. The van der Waals surface area contributed by atoms with Crippen LogP contribution < -0.4 is 4.90 Å². The molecular weight excluding hydrogens is 318 g/mol. The molecule has 0 spiro atoms. The summed E-state index contributed by atoms with van der Waals surface area (Å²) in [7, 11) is 3.50. The zero-order valence-corrected chi connectivity index (χ0v) is 13.5. The number of allylic oxidation sites excluding steroid dienone is 1. The molecule has 0 saturated heterocycles. The maximum Gasteiger partial charge on any atom is 0.238 e. The first-order valence-electron chi connectivity index (χ1n) is 6.99. The minimum absolute atomic E-state index is 0.0754. The molecule has 2 aromatic rings. The zero-order valence-electron chi connectivity index (χ0n) is 12.7. The number of nitrogens with one attached hydrogen (secondary N) is 1. The summed E-state index contributed by atoms with van der Waals surface area (Å²) >= 11 is 5.98. The van der Waals surface area contributed by atoms with Crippen molar-refractivity contribution in [2.24, 2.45) is 4.99 Å². The van der Waals surface area contributed by atoms with E-state index in [0.717, 1.165) is 11.1 Å². The number of ether oxygens (including phenoxy) is 1. The number of imidazole rings is 1. The fraction of sp³-hybridized carbons (Fsp3) is 0.267. The van der Waals surface area contributed by atoms with Crippen molar-refractivity contribution in [2.75, 3.05) is 32.2 Å². The number of hydrogen-bond acceptors (Lipinski definition) is 6. The number of aromatic amines is 1. The standard InChI is InChI=1S/C15H16ClN5O2/c1-21(3-4-23-2)15-19-12(14(22)20-15)5-9-7-17-13-11(9)6-10(16)8-18-13/h5-8,22H,3-4H2,1-2H3,(H,19,20). The predicted octanol–water partition coefficient (Wildman–Crippen LogP) is 2.50. The van der Waals surface area contributed by atoms with Gasteiger partial charge in [-0.05, 0) is 12.1 Å². The summed E-state index contributed by atoms with van der Waals surface area (Å²) in [6.07, 6.45) is 5.00. The second-order valence-corrected chi connectivity index (χ2v) is 5.53. The number of pyridine rings is 1. The lowest BCUT2D eigenvalue weighted by Crippen LogP contribution is -2.23. The Kier molecular flexibility index (Phi) is 4.31. The van der Waals surface area contributed by atoms with Gasteiger partial charge in [0.15, 0.2) is 5.82 Å². The third kappa shape index (κ3) is 3.20. The van der Waals surface area contributed by atoms with Gasteiger partial charge in [-0.25, -0.2) is 9.98 Å². The van der Waals surface area contributed by atoms with Crippen LogP contribution in [0.4, 0.5) is 11.8 Å². The number of hydrogen-bond donors (Lipinski definition) is 2. The van der Waals surface area contributed by atoms with Crippen LogP contribution in [0, 0.1) is 0 Å². The molecule has 1 aliphatic rings. The lowest BCUT2D eigenvalue weighted by Gasteiger charge is -2.14. The topological polar surface area (TPSA) is 86.6 Å². The SMILES string of the molecule is COCCN(C)c1nc(O)c(C=C2C=Nc3ncc(Cl)cc32)[nH]1. The van der Waals surface area contributed by atoms with E-state index >= 15 is 0 Å². The van der Waals surface area contributed by atoms with E-state index in [1.54, 1.807) is 31.7 Å². The van der Waals surface area contributed by atoms with Crippen LogP contribution >= 0.6 is 11.6 Å². The number of H-pyrrole nitrogens is 1. The molecule has 7 nitrogen and oxygen atoms in total. The Labute approximate surface area is 138 Å². The van der Waals surface area contributed by atoms with Crippen molar-refractivity contribution in [3.8, 4) is 5.88 Å². The number of methoxy groups -OCH3 is 1. The summed E-state index contributed by atoms with van der Waals surface area (Å²) < 4.78 is 5.03. The molecule has 0 atom stereocenters. The third-order valence-corrected chi connectivity index (χ3v) is 3.67. The fourth-order valence-electron chi connectivity index (χ4n) is 2.20. The first-order valence-corrected chi connectivity index (χ1v) is 7.37. The van der Waals surface area contributed by atoms with Gasteiger partial charge in [0.05, 0.1) is 11.6 Å². The van der Waals surface area contributed by atoms with Gasteiger partial charge < -0.3 is 19.7 Å². The van der Waals surface area contributed by atoms with E-state index in [4.69, 9.17) is 16.3 Å². The lowest BCUT2D eigenvalue weighted by molar-refractivity contribution is 0.206. The highest BCUT2D eigenvalue weighted by atomic mass is 35.5. The van der Waals surface area contributed by atoms with Crippen molar-refractivity contribution in [1.82, 2.24) is 15.0 Å². The van der Waals surface area contributed by atoms with Crippen molar-refractivity contribution in [3.05, 3.63) is 28.5 Å². The largest absolute Gasteiger partial charge is 0.492 e. The van der Waals surface area contributed by atoms with Gasteiger partial charge in [-0.15, -0.1) is 0 Å². The van der Waals surface area contributed by atoms with Crippen molar-refractivity contribution in [1.29, 1.82) is 0 Å². The number of nitrogens with zero attached hydrogens (tertiary/aromatic N) is 4. The normalized spacial score (nSPS) is 14.5. The number of anilines is 1. The van der Waals surface area contributed by atoms with Crippen LogP contribution in [0.1, 0.15) is 11.3 Å². The minimum atomic E-state index is -0.0754. The molecule has 3 rings (SSSR count). The molecule has 1 aliphatic heterocycles. The van der Waals surface area contributed by atoms with Crippen LogP contribution in [0.25, 0.3) is 11.6 Å².